The summed E-state index contributed by atoms with van der Waals surface area (Å²) in [7, 11) is 0. The van der Waals surface area contributed by atoms with Crippen LogP contribution in [0.3, 0.4) is 0 Å². The van der Waals surface area contributed by atoms with Gasteiger partial charge in [-0.1, -0.05) is 37.6 Å². The molecular formula is C15H17ClN2O3. The number of nitrogens with zero attached hydrogens (tertiary/aromatic N) is 1. The molecule has 1 amide bonds. The van der Waals surface area contributed by atoms with Crippen LogP contribution < -0.4 is 5.32 Å². The Balaban J connectivity index is 2.60. The lowest BCUT2D eigenvalue weighted by Crippen LogP contribution is -2.50. The van der Waals surface area contributed by atoms with E-state index < -0.39 is 24.0 Å². The molecule has 1 aromatic rings. The number of carbonyl (C=O) groups is 2. The standard InChI is InChI=1S/C15H17ClN2O3/c1-10(2)15(3,9-17)18-13(19)8-21-14(20)11-6-4-5-7-12(11)16/h4-7,10H,8H2,1-3H3,(H,18,19)/t15-/m1/s1. The monoisotopic (exact) mass is 308 g/mol. The van der Waals surface area contributed by atoms with E-state index in [4.69, 9.17) is 21.6 Å². The summed E-state index contributed by atoms with van der Waals surface area (Å²) < 4.78 is 4.90. The van der Waals surface area contributed by atoms with Crippen molar-refractivity contribution in [2.75, 3.05) is 6.61 Å². The summed E-state index contributed by atoms with van der Waals surface area (Å²) in [6.07, 6.45) is 0. The molecule has 1 atom stereocenters. The minimum Gasteiger partial charge on any atom is -0.452 e. The van der Waals surface area contributed by atoms with Gasteiger partial charge in [-0.25, -0.2) is 4.79 Å². The summed E-state index contributed by atoms with van der Waals surface area (Å²) in [5.74, 6) is -1.29. The maximum Gasteiger partial charge on any atom is 0.340 e. The summed E-state index contributed by atoms with van der Waals surface area (Å²) in [5, 5.41) is 11.9. The molecule has 0 radical (unpaired) electrons. The van der Waals surface area contributed by atoms with Crippen LogP contribution in [0.15, 0.2) is 24.3 Å². The largest absolute Gasteiger partial charge is 0.452 e. The fourth-order valence-electron chi connectivity index (χ4n) is 1.46. The maximum absolute atomic E-state index is 11.8. The predicted molar refractivity (Wildman–Crippen MR) is 78.7 cm³/mol. The van der Waals surface area contributed by atoms with Gasteiger partial charge in [-0.15, -0.1) is 0 Å². The van der Waals surface area contributed by atoms with Gasteiger partial charge >= 0.3 is 5.97 Å². The maximum atomic E-state index is 11.8. The van der Waals surface area contributed by atoms with Gasteiger partial charge in [-0.05, 0) is 25.0 Å². The molecule has 0 fully saturated rings. The van der Waals surface area contributed by atoms with Crippen LogP contribution in [0.5, 0.6) is 0 Å². The third-order valence-electron chi connectivity index (χ3n) is 3.21. The second-order valence-corrected chi connectivity index (χ2v) is 5.48. The summed E-state index contributed by atoms with van der Waals surface area (Å²) in [6.45, 7) is 4.79. The molecule has 0 aromatic heterocycles. The average molecular weight is 309 g/mol. The normalized spacial score (nSPS) is 13.1. The SMILES string of the molecule is CC(C)[C@@](C)(C#N)NC(=O)COC(=O)c1ccccc1Cl. The van der Waals surface area contributed by atoms with Gasteiger partial charge in [0.05, 0.1) is 16.7 Å². The van der Waals surface area contributed by atoms with Crippen molar-refractivity contribution in [2.24, 2.45) is 5.92 Å². The van der Waals surface area contributed by atoms with E-state index in [9.17, 15) is 9.59 Å². The van der Waals surface area contributed by atoms with Gasteiger partial charge in [0.25, 0.3) is 5.91 Å². The number of benzene rings is 1. The fraction of sp³-hybridized carbons (Fsp3) is 0.400. The Kier molecular flexibility index (Phi) is 5.74. The molecule has 0 heterocycles. The highest BCUT2D eigenvalue weighted by Gasteiger charge is 2.30. The number of hydrogen-bond acceptors (Lipinski definition) is 4. The lowest BCUT2D eigenvalue weighted by Gasteiger charge is -2.27. The summed E-state index contributed by atoms with van der Waals surface area (Å²) in [6, 6.07) is 8.45. The van der Waals surface area contributed by atoms with Gasteiger partial charge in [-0.3, -0.25) is 4.79 Å². The molecule has 0 aliphatic rings. The number of rotatable bonds is 5. The lowest BCUT2D eigenvalue weighted by molar-refractivity contribution is -0.125. The second-order valence-electron chi connectivity index (χ2n) is 5.07. The number of ether oxygens (including phenoxy) is 1. The van der Waals surface area contributed by atoms with Crippen LogP contribution in [0.2, 0.25) is 5.02 Å². The first-order valence-corrected chi connectivity index (χ1v) is 6.82. The van der Waals surface area contributed by atoms with Crippen molar-refractivity contribution >= 4 is 23.5 Å². The van der Waals surface area contributed by atoms with Gasteiger partial charge in [0, 0.05) is 0 Å². The number of carbonyl (C=O) groups excluding carboxylic acids is 2. The molecule has 0 saturated heterocycles. The number of esters is 1. The van der Waals surface area contributed by atoms with Crippen molar-refractivity contribution in [1.29, 1.82) is 5.26 Å². The summed E-state index contributed by atoms with van der Waals surface area (Å²) >= 11 is 5.86. The number of hydrogen-bond donors (Lipinski definition) is 1. The van der Waals surface area contributed by atoms with Crippen molar-refractivity contribution in [3.63, 3.8) is 0 Å². The Morgan fingerprint density at radius 3 is 2.57 bits per heavy atom. The number of nitriles is 1. The highest BCUT2D eigenvalue weighted by molar-refractivity contribution is 6.33. The van der Waals surface area contributed by atoms with E-state index in [0.29, 0.717) is 0 Å². The number of halogens is 1. The molecule has 0 bridgehead atoms. The Hall–Kier alpha value is -2.06. The highest BCUT2D eigenvalue weighted by atomic mass is 35.5. The van der Waals surface area contributed by atoms with E-state index in [1.165, 1.54) is 6.07 Å². The molecule has 0 saturated carbocycles. The highest BCUT2D eigenvalue weighted by Crippen LogP contribution is 2.16. The smallest absolute Gasteiger partial charge is 0.340 e. The topological polar surface area (TPSA) is 79.2 Å². The Bertz CT molecular complexity index is 581. The molecular weight excluding hydrogens is 292 g/mol. The van der Waals surface area contributed by atoms with E-state index in [0.717, 1.165) is 0 Å². The van der Waals surface area contributed by atoms with Crippen LogP contribution in [-0.4, -0.2) is 24.0 Å². The van der Waals surface area contributed by atoms with Crippen molar-refractivity contribution in [1.82, 2.24) is 5.32 Å². The Labute approximate surface area is 128 Å². The fourth-order valence-corrected chi connectivity index (χ4v) is 1.68. The molecule has 0 spiro atoms. The molecule has 21 heavy (non-hydrogen) atoms. The first-order valence-electron chi connectivity index (χ1n) is 6.44. The van der Waals surface area contributed by atoms with E-state index >= 15 is 0 Å². The van der Waals surface area contributed by atoms with Crippen LogP contribution >= 0.6 is 11.6 Å². The van der Waals surface area contributed by atoms with Crippen LogP contribution in [-0.2, 0) is 9.53 Å². The summed E-state index contributed by atoms with van der Waals surface area (Å²) in [5.41, 5.74) is -0.813. The van der Waals surface area contributed by atoms with E-state index in [-0.39, 0.29) is 16.5 Å². The third-order valence-corrected chi connectivity index (χ3v) is 3.54. The number of nitrogens with one attached hydrogen (secondary N) is 1. The zero-order valence-electron chi connectivity index (χ0n) is 12.1. The molecule has 112 valence electrons. The minimum absolute atomic E-state index is 0.0780. The lowest BCUT2D eigenvalue weighted by atomic mass is 9.90. The van der Waals surface area contributed by atoms with Crippen molar-refractivity contribution < 1.29 is 14.3 Å². The number of amides is 1. The van der Waals surface area contributed by atoms with Gasteiger partial charge < -0.3 is 10.1 Å². The zero-order chi connectivity index (χ0) is 16.0. The molecule has 1 aromatic carbocycles. The summed E-state index contributed by atoms with van der Waals surface area (Å²) in [4.78, 5) is 23.6. The van der Waals surface area contributed by atoms with Crippen molar-refractivity contribution in [2.45, 2.75) is 26.3 Å². The Morgan fingerprint density at radius 2 is 2.05 bits per heavy atom. The van der Waals surface area contributed by atoms with E-state index in [2.05, 4.69) is 5.32 Å². The van der Waals surface area contributed by atoms with Gasteiger partial charge in [-0.2, -0.15) is 5.26 Å². The molecule has 0 aliphatic heterocycles. The third kappa shape index (κ3) is 4.47. The predicted octanol–water partition coefficient (Wildman–Crippen LogP) is 2.55. The van der Waals surface area contributed by atoms with Gasteiger partial charge in [0.1, 0.15) is 5.54 Å². The quantitative estimate of drug-likeness (QED) is 0.848. The van der Waals surface area contributed by atoms with Crippen LogP contribution in [0.1, 0.15) is 31.1 Å². The van der Waals surface area contributed by atoms with E-state index in [1.807, 2.05) is 19.9 Å². The molecule has 5 nitrogen and oxygen atoms in total. The van der Waals surface area contributed by atoms with Crippen molar-refractivity contribution in [3.05, 3.63) is 34.9 Å². The van der Waals surface area contributed by atoms with Crippen molar-refractivity contribution in [3.8, 4) is 6.07 Å². The zero-order valence-corrected chi connectivity index (χ0v) is 12.9. The van der Waals surface area contributed by atoms with Crippen LogP contribution in [0, 0.1) is 17.2 Å². The van der Waals surface area contributed by atoms with Gasteiger partial charge in [0.2, 0.25) is 0 Å². The van der Waals surface area contributed by atoms with Crippen LogP contribution in [0.4, 0.5) is 0 Å². The second kappa shape index (κ2) is 7.09. The minimum atomic E-state index is -1.01. The molecule has 0 aliphatic carbocycles. The average Bonchev–Trinajstić information content (AvgIpc) is 2.44. The molecule has 0 unspecified atom stereocenters. The Morgan fingerprint density at radius 1 is 1.43 bits per heavy atom. The first-order chi connectivity index (χ1) is 9.80. The first kappa shape index (κ1) is 17.0. The van der Waals surface area contributed by atoms with Crippen LogP contribution in [0.25, 0.3) is 0 Å². The molecule has 1 rings (SSSR count). The van der Waals surface area contributed by atoms with E-state index in [1.54, 1.807) is 25.1 Å². The molecule has 1 N–H and O–H groups in total. The molecule has 6 heteroatoms. The van der Waals surface area contributed by atoms with Gasteiger partial charge in [0.15, 0.2) is 6.61 Å².